The first-order valence-corrected chi connectivity index (χ1v) is 7.32. The van der Waals surface area contributed by atoms with Crippen LogP contribution >= 0.6 is 0 Å². The van der Waals surface area contributed by atoms with Gasteiger partial charge in [-0.05, 0) is 50.1 Å². The molecule has 1 aliphatic heterocycles. The highest BCUT2D eigenvalue weighted by Gasteiger charge is 2.18. The first kappa shape index (κ1) is 14.4. The van der Waals surface area contributed by atoms with Crippen molar-refractivity contribution in [1.82, 2.24) is 5.32 Å². The minimum atomic E-state index is -0.119. The number of ether oxygens (including phenoxy) is 2. The van der Waals surface area contributed by atoms with E-state index >= 15 is 0 Å². The number of aryl methyl sites for hydroxylation is 2. The fourth-order valence-electron chi connectivity index (χ4n) is 2.62. The van der Waals surface area contributed by atoms with E-state index in [4.69, 9.17) is 9.47 Å². The van der Waals surface area contributed by atoms with Gasteiger partial charge in [0.15, 0.2) is 11.5 Å². The molecule has 0 spiro atoms. The van der Waals surface area contributed by atoms with Crippen molar-refractivity contribution in [1.29, 1.82) is 0 Å². The standard InChI is InChI=1S/C18H19NO3/c1-11-4-5-12(2)15(8-11)13(3)19-18(20)14-6-7-16-17(9-14)22-10-21-16/h4-9,13H,10H2,1-3H3,(H,19,20). The third-order valence-electron chi connectivity index (χ3n) is 3.88. The monoisotopic (exact) mass is 297 g/mol. The number of fused-ring (bicyclic) bond motifs is 1. The number of carbonyl (C=O) groups is 1. The maximum atomic E-state index is 12.4. The summed E-state index contributed by atoms with van der Waals surface area (Å²) in [6, 6.07) is 11.4. The molecule has 0 aliphatic carbocycles. The van der Waals surface area contributed by atoms with Gasteiger partial charge in [0.25, 0.3) is 5.91 Å². The number of benzene rings is 2. The lowest BCUT2D eigenvalue weighted by Crippen LogP contribution is -2.27. The average Bonchev–Trinajstić information content (AvgIpc) is 2.97. The second-order valence-electron chi connectivity index (χ2n) is 5.62. The van der Waals surface area contributed by atoms with Gasteiger partial charge in [0, 0.05) is 5.56 Å². The fourth-order valence-corrected chi connectivity index (χ4v) is 2.62. The van der Waals surface area contributed by atoms with Crippen LogP contribution in [0.4, 0.5) is 0 Å². The zero-order chi connectivity index (χ0) is 15.7. The van der Waals surface area contributed by atoms with Crippen LogP contribution in [0.15, 0.2) is 36.4 Å². The zero-order valence-electron chi connectivity index (χ0n) is 13.0. The molecule has 114 valence electrons. The minimum absolute atomic E-state index is 0.0576. The number of hydrogen-bond donors (Lipinski definition) is 1. The summed E-state index contributed by atoms with van der Waals surface area (Å²) in [4.78, 5) is 12.4. The van der Waals surface area contributed by atoms with Crippen LogP contribution in [0.25, 0.3) is 0 Å². The van der Waals surface area contributed by atoms with E-state index in [2.05, 4.69) is 37.4 Å². The Labute approximate surface area is 130 Å². The zero-order valence-corrected chi connectivity index (χ0v) is 13.0. The van der Waals surface area contributed by atoms with Crippen LogP contribution in [0.1, 0.15) is 40.0 Å². The number of hydrogen-bond acceptors (Lipinski definition) is 3. The van der Waals surface area contributed by atoms with Crippen molar-refractivity contribution in [2.75, 3.05) is 6.79 Å². The summed E-state index contributed by atoms with van der Waals surface area (Å²) in [7, 11) is 0. The van der Waals surface area contributed by atoms with Gasteiger partial charge in [0.2, 0.25) is 6.79 Å². The van der Waals surface area contributed by atoms with Crippen LogP contribution in [0.2, 0.25) is 0 Å². The van der Waals surface area contributed by atoms with Gasteiger partial charge >= 0.3 is 0 Å². The molecule has 1 heterocycles. The Hall–Kier alpha value is -2.49. The first-order valence-electron chi connectivity index (χ1n) is 7.32. The van der Waals surface area contributed by atoms with Crippen molar-refractivity contribution in [2.24, 2.45) is 0 Å². The molecule has 1 atom stereocenters. The number of rotatable bonds is 3. The van der Waals surface area contributed by atoms with Crippen LogP contribution in [0.5, 0.6) is 11.5 Å². The molecule has 4 heteroatoms. The summed E-state index contributed by atoms with van der Waals surface area (Å²) in [5.41, 5.74) is 4.06. The third kappa shape index (κ3) is 2.77. The van der Waals surface area contributed by atoms with Gasteiger partial charge in [-0.1, -0.05) is 23.8 Å². The van der Waals surface area contributed by atoms with E-state index in [1.807, 2.05) is 6.92 Å². The van der Waals surface area contributed by atoms with Crippen molar-refractivity contribution in [2.45, 2.75) is 26.8 Å². The summed E-state index contributed by atoms with van der Waals surface area (Å²) in [6.07, 6.45) is 0. The van der Waals surface area contributed by atoms with Gasteiger partial charge in [-0.25, -0.2) is 0 Å². The lowest BCUT2D eigenvalue weighted by atomic mass is 9.99. The van der Waals surface area contributed by atoms with E-state index in [9.17, 15) is 4.79 Å². The molecule has 0 saturated carbocycles. The molecule has 22 heavy (non-hydrogen) atoms. The second-order valence-corrected chi connectivity index (χ2v) is 5.62. The maximum Gasteiger partial charge on any atom is 0.251 e. The molecule has 1 N–H and O–H groups in total. The number of amides is 1. The Morgan fingerprint density at radius 3 is 2.68 bits per heavy atom. The molecule has 1 amide bonds. The van der Waals surface area contributed by atoms with Gasteiger partial charge in [-0.3, -0.25) is 4.79 Å². The van der Waals surface area contributed by atoms with Crippen molar-refractivity contribution < 1.29 is 14.3 Å². The van der Waals surface area contributed by atoms with Crippen LogP contribution < -0.4 is 14.8 Å². The van der Waals surface area contributed by atoms with Crippen molar-refractivity contribution >= 4 is 5.91 Å². The Bertz CT molecular complexity index is 724. The SMILES string of the molecule is Cc1ccc(C)c(C(C)NC(=O)c2ccc3c(c2)OCO3)c1. The fraction of sp³-hybridized carbons (Fsp3) is 0.278. The summed E-state index contributed by atoms with van der Waals surface area (Å²) in [6.45, 7) is 6.30. The molecular weight excluding hydrogens is 278 g/mol. The van der Waals surface area contributed by atoms with Crippen LogP contribution in [0.3, 0.4) is 0 Å². The molecule has 1 unspecified atom stereocenters. The number of carbonyl (C=O) groups excluding carboxylic acids is 1. The van der Waals surface area contributed by atoms with Gasteiger partial charge in [0.1, 0.15) is 0 Å². The van der Waals surface area contributed by atoms with Crippen LogP contribution in [-0.4, -0.2) is 12.7 Å². The van der Waals surface area contributed by atoms with E-state index < -0.39 is 0 Å². The van der Waals surface area contributed by atoms with Crippen molar-refractivity contribution in [3.63, 3.8) is 0 Å². The van der Waals surface area contributed by atoms with E-state index in [-0.39, 0.29) is 18.7 Å². The average molecular weight is 297 g/mol. The van der Waals surface area contributed by atoms with E-state index in [1.54, 1.807) is 18.2 Å². The van der Waals surface area contributed by atoms with Crippen molar-refractivity contribution in [3.05, 3.63) is 58.7 Å². The number of nitrogens with one attached hydrogen (secondary N) is 1. The van der Waals surface area contributed by atoms with E-state index in [0.717, 1.165) is 5.56 Å². The van der Waals surface area contributed by atoms with Gasteiger partial charge in [-0.2, -0.15) is 0 Å². The van der Waals surface area contributed by atoms with Gasteiger partial charge < -0.3 is 14.8 Å². The lowest BCUT2D eigenvalue weighted by molar-refractivity contribution is 0.0939. The molecule has 1 aliphatic rings. The van der Waals surface area contributed by atoms with E-state index in [0.29, 0.717) is 17.1 Å². The lowest BCUT2D eigenvalue weighted by Gasteiger charge is -2.17. The summed E-state index contributed by atoms with van der Waals surface area (Å²) in [5, 5.41) is 3.04. The summed E-state index contributed by atoms with van der Waals surface area (Å²) >= 11 is 0. The second kappa shape index (κ2) is 5.72. The normalized spacial score (nSPS) is 13.8. The molecule has 2 aromatic carbocycles. The Morgan fingerprint density at radius 1 is 1.09 bits per heavy atom. The third-order valence-corrected chi connectivity index (χ3v) is 3.88. The smallest absolute Gasteiger partial charge is 0.251 e. The highest BCUT2D eigenvalue weighted by atomic mass is 16.7. The van der Waals surface area contributed by atoms with Crippen LogP contribution in [0, 0.1) is 13.8 Å². The molecule has 0 saturated heterocycles. The molecule has 0 bridgehead atoms. The summed E-state index contributed by atoms with van der Waals surface area (Å²) in [5.74, 6) is 1.18. The quantitative estimate of drug-likeness (QED) is 0.943. The predicted molar refractivity (Wildman–Crippen MR) is 84.4 cm³/mol. The Balaban J connectivity index is 1.77. The molecule has 0 radical (unpaired) electrons. The van der Waals surface area contributed by atoms with Crippen LogP contribution in [-0.2, 0) is 0 Å². The predicted octanol–water partition coefficient (Wildman–Crippen LogP) is 3.52. The minimum Gasteiger partial charge on any atom is -0.454 e. The van der Waals surface area contributed by atoms with Gasteiger partial charge in [0.05, 0.1) is 6.04 Å². The van der Waals surface area contributed by atoms with Crippen molar-refractivity contribution in [3.8, 4) is 11.5 Å². The Kier molecular flexibility index (Phi) is 3.75. The molecule has 3 rings (SSSR count). The Morgan fingerprint density at radius 2 is 1.86 bits per heavy atom. The molecule has 4 nitrogen and oxygen atoms in total. The molecular formula is C18H19NO3. The topological polar surface area (TPSA) is 47.6 Å². The highest BCUT2D eigenvalue weighted by Crippen LogP contribution is 2.32. The van der Waals surface area contributed by atoms with E-state index in [1.165, 1.54) is 11.1 Å². The maximum absolute atomic E-state index is 12.4. The largest absolute Gasteiger partial charge is 0.454 e. The summed E-state index contributed by atoms with van der Waals surface area (Å²) < 4.78 is 10.6. The molecule has 0 fully saturated rings. The molecule has 0 aromatic heterocycles. The first-order chi connectivity index (χ1) is 10.5. The van der Waals surface area contributed by atoms with Gasteiger partial charge in [-0.15, -0.1) is 0 Å². The highest BCUT2D eigenvalue weighted by molar-refractivity contribution is 5.95. The molecule has 2 aromatic rings.